The third-order valence-corrected chi connectivity index (χ3v) is 7.84. The Morgan fingerprint density at radius 2 is 1.61 bits per heavy atom. The highest BCUT2D eigenvalue weighted by atomic mass is 32.2. The lowest BCUT2D eigenvalue weighted by atomic mass is 10.1. The first-order valence-electron chi connectivity index (χ1n) is 12.4. The lowest BCUT2D eigenvalue weighted by Crippen LogP contribution is -2.32. The van der Waals surface area contributed by atoms with Crippen LogP contribution in [0.1, 0.15) is 51.0 Å². The summed E-state index contributed by atoms with van der Waals surface area (Å²) in [4.78, 5) is 32.4. The Kier molecular flexibility index (Phi) is 10.0. The summed E-state index contributed by atoms with van der Waals surface area (Å²) in [6, 6.07) is 18.3. The number of aryl methyl sites for hydroxylation is 1. The van der Waals surface area contributed by atoms with Crippen LogP contribution < -0.4 is 9.47 Å². The molecule has 8 nitrogen and oxygen atoms in total. The zero-order valence-electron chi connectivity index (χ0n) is 22.3. The van der Waals surface area contributed by atoms with Crippen LogP contribution in [0.2, 0.25) is 0 Å². The van der Waals surface area contributed by atoms with Crippen LogP contribution in [0.25, 0.3) is 0 Å². The molecule has 202 valence electrons. The van der Waals surface area contributed by atoms with Gasteiger partial charge in [-0.3, -0.25) is 9.59 Å². The number of methoxy groups -OCH3 is 2. The molecule has 0 aliphatic rings. The Balaban J connectivity index is 1.88. The van der Waals surface area contributed by atoms with Crippen molar-refractivity contribution in [2.75, 3.05) is 32.3 Å². The number of amides is 1. The second-order valence-electron chi connectivity index (χ2n) is 8.94. The van der Waals surface area contributed by atoms with Gasteiger partial charge >= 0.3 is 0 Å². The summed E-state index contributed by atoms with van der Waals surface area (Å²) in [5.41, 5.74) is 2.92. The van der Waals surface area contributed by atoms with E-state index in [1.807, 2.05) is 37.3 Å². The van der Waals surface area contributed by atoms with Gasteiger partial charge in [-0.1, -0.05) is 43.3 Å². The molecular formula is C29H34N2O6S. The number of Topliss-reactive ketones (excluding diaryl/α,β-unsaturated/α-hetero) is 1. The SMILES string of the molecule is CCS(=O)(=O)CC(=O)c1cccc(CN(CCCc2ccccc2)C(=O)c2cc(OC)c(C)c(OC)c2)n1. The molecule has 0 atom stereocenters. The van der Waals surface area contributed by atoms with Crippen LogP contribution in [0.15, 0.2) is 60.7 Å². The molecule has 3 rings (SSSR count). The summed E-state index contributed by atoms with van der Waals surface area (Å²) in [5, 5.41) is 0. The third kappa shape index (κ3) is 7.64. The summed E-state index contributed by atoms with van der Waals surface area (Å²) in [6.45, 7) is 3.94. The van der Waals surface area contributed by atoms with Gasteiger partial charge in [0, 0.05) is 23.4 Å². The standard InChI is InChI=1S/C29H34N2O6S/c1-5-38(34,35)20-26(32)25-15-9-14-24(30-25)19-31(16-10-13-22-11-7-6-8-12-22)29(33)23-17-27(36-3)21(2)28(18-23)37-4/h6-9,11-12,14-15,17-18H,5,10,13,16,19-20H2,1-4H3. The quantitative estimate of drug-likeness (QED) is 0.299. The van der Waals surface area contributed by atoms with E-state index in [1.54, 1.807) is 43.4 Å². The largest absolute Gasteiger partial charge is 0.496 e. The number of hydrogen-bond donors (Lipinski definition) is 0. The van der Waals surface area contributed by atoms with E-state index in [0.717, 1.165) is 12.0 Å². The predicted octanol–water partition coefficient (Wildman–Crippen LogP) is 4.30. The number of pyridine rings is 1. The van der Waals surface area contributed by atoms with Gasteiger partial charge in [-0.25, -0.2) is 13.4 Å². The van der Waals surface area contributed by atoms with Gasteiger partial charge in [0.1, 0.15) is 22.9 Å². The normalized spacial score (nSPS) is 11.2. The molecule has 1 amide bonds. The number of benzene rings is 2. The highest BCUT2D eigenvalue weighted by molar-refractivity contribution is 7.92. The molecule has 0 aliphatic carbocycles. The summed E-state index contributed by atoms with van der Waals surface area (Å²) < 4.78 is 34.8. The van der Waals surface area contributed by atoms with Gasteiger partial charge in [0.05, 0.1) is 26.5 Å². The molecule has 0 radical (unpaired) electrons. The molecule has 0 N–H and O–H groups in total. The average molecular weight is 539 g/mol. The first kappa shape index (κ1) is 28.8. The number of hydrogen-bond acceptors (Lipinski definition) is 7. The highest BCUT2D eigenvalue weighted by Crippen LogP contribution is 2.30. The Hall–Kier alpha value is -3.72. The Morgan fingerprint density at radius 1 is 0.947 bits per heavy atom. The molecule has 1 heterocycles. The molecule has 38 heavy (non-hydrogen) atoms. The Labute approximate surface area is 224 Å². The molecular weight excluding hydrogens is 504 g/mol. The molecule has 9 heteroatoms. The van der Waals surface area contributed by atoms with E-state index in [4.69, 9.17) is 9.47 Å². The maximum absolute atomic E-state index is 13.7. The van der Waals surface area contributed by atoms with Gasteiger partial charge in [0.15, 0.2) is 15.6 Å². The second-order valence-corrected chi connectivity index (χ2v) is 11.3. The predicted molar refractivity (Wildman–Crippen MR) is 147 cm³/mol. The van der Waals surface area contributed by atoms with Crippen molar-refractivity contribution in [3.63, 3.8) is 0 Å². The minimum Gasteiger partial charge on any atom is -0.496 e. The van der Waals surface area contributed by atoms with Gasteiger partial charge < -0.3 is 14.4 Å². The topological polar surface area (TPSA) is 103 Å². The Bertz CT molecular complexity index is 1350. The van der Waals surface area contributed by atoms with Crippen LogP contribution in [-0.2, 0) is 22.8 Å². The molecule has 1 aromatic heterocycles. The van der Waals surface area contributed by atoms with Crippen molar-refractivity contribution in [1.29, 1.82) is 0 Å². The summed E-state index contributed by atoms with van der Waals surface area (Å²) in [6.07, 6.45) is 1.50. The van der Waals surface area contributed by atoms with Crippen LogP contribution in [0.5, 0.6) is 11.5 Å². The minimum atomic E-state index is -3.49. The maximum atomic E-state index is 13.7. The number of rotatable bonds is 13. The van der Waals surface area contributed by atoms with Gasteiger partial charge in [0.25, 0.3) is 5.91 Å². The monoisotopic (exact) mass is 538 g/mol. The number of carbonyl (C=O) groups excluding carboxylic acids is 2. The van der Waals surface area contributed by atoms with E-state index < -0.39 is 21.4 Å². The number of nitrogens with zero attached hydrogens (tertiary/aromatic N) is 2. The fourth-order valence-electron chi connectivity index (χ4n) is 4.06. The summed E-state index contributed by atoms with van der Waals surface area (Å²) >= 11 is 0. The Morgan fingerprint density at radius 3 is 2.21 bits per heavy atom. The first-order valence-corrected chi connectivity index (χ1v) is 14.2. The van der Waals surface area contributed by atoms with E-state index in [9.17, 15) is 18.0 Å². The molecule has 0 unspecified atom stereocenters. The van der Waals surface area contributed by atoms with E-state index in [2.05, 4.69) is 4.98 Å². The van der Waals surface area contributed by atoms with Crippen LogP contribution >= 0.6 is 0 Å². The third-order valence-electron chi connectivity index (χ3n) is 6.26. The van der Waals surface area contributed by atoms with Gasteiger partial charge in [0.2, 0.25) is 0 Å². The van der Waals surface area contributed by atoms with Crippen molar-refractivity contribution >= 4 is 21.5 Å². The smallest absolute Gasteiger partial charge is 0.254 e. The second kappa shape index (κ2) is 13.2. The van der Waals surface area contributed by atoms with E-state index in [-0.39, 0.29) is 23.9 Å². The summed E-state index contributed by atoms with van der Waals surface area (Å²) in [7, 11) is -0.404. The summed E-state index contributed by atoms with van der Waals surface area (Å²) in [5.74, 6) is -0.432. The van der Waals surface area contributed by atoms with Crippen molar-refractivity contribution in [1.82, 2.24) is 9.88 Å². The van der Waals surface area contributed by atoms with E-state index in [1.165, 1.54) is 18.6 Å². The van der Waals surface area contributed by atoms with Crippen LogP contribution in [-0.4, -0.2) is 62.3 Å². The van der Waals surface area contributed by atoms with Crippen LogP contribution in [0.4, 0.5) is 0 Å². The zero-order valence-corrected chi connectivity index (χ0v) is 23.1. The van der Waals surface area contributed by atoms with Gasteiger partial charge in [-0.05, 0) is 49.6 Å². The fourth-order valence-corrected chi connectivity index (χ4v) is 4.81. The molecule has 2 aromatic carbocycles. The number of sulfone groups is 1. The van der Waals surface area contributed by atoms with Crippen molar-refractivity contribution < 1.29 is 27.5 Å². The number of ketones is 1. The molecule has 0 saturated carbocycles. The molecule has 0 fully saturated rings. The molecule has 0 spiro atoms. The van der Waals surface area contributed by atoms with Crippen molar-refractivity contribution in [3.05, 3.63) is 88.7 Å². The average Bonchev–Trinajstić information content (AvgIpc) is 2.92. The zero-order chi connectivity index (χ0) is 27.7. The van der Waals surface area contributed by atoms with E-state index in [0.29, 0.717) is 35.7 Å². The lowest BCUT2D eigenvalue weighted by molar-refractivity contribution is 0.0738. The lowest BCUT2D eigenvalue weighted by Gasteiger charge is -2.24. The molecule has 0 saturated heterocycles. The van der Waals surface area contributed by atoms with Crippen molar-refractivity contribution in [2.24, 2.45) is 0 Å². The fraction of sp³-hybridized carbons (Fsp3) is 0.345. The number of ether oxygens (including phenoxy) is 2. The van der Waals surface area contributed by atoms with Crippen LogP contribution in [0.3, 0.4) is 0 Å². The molecule has 0 bridgehead atoms. The van der Waals surface area contributed by atoms with Gasteiger partial charge in [-0.15, -0.1) is 0 Å². The number of aromatic nitrogens is 1. The maximum Gasteiger partial charge on any atom is 0.254 e. The molecule has 3 aromatic rings. The van der Waals surface area contributed by atoms with Crippen LogP contribution in [0, 0.1) is 6.92 Å². The first-order chi connectivity index (χ1) is 18.2. The van der Waals surface area contributed by atoms with E-state index >= 15 is 0 Å². The highest BCUT2D eigenvalue weighted by Gasteiger charge is 2.22. The van der Waals surface area contributed by atoms with Crippen molar-refractivity contribution in [3.8, 4) is 11.5 Å². The molecule has 0 aliphatic heterocycles. The number of carbonyl (C=O) groups is 2. The van der Waals surface area contributed by atoms with Gasteiger partial charge in [-0.2, -0.15) is 0 Å². The van der Waals surface area contributed by atoms with Crippen molar-refractivity contribution in [2.45, 2.75) is 33.2 Å². The minimum absolute atomic E-state index is 0.0647.